The first-order valence-corrected chi connectivity index (χ1v) is 9.27. The molecule has 0 radical (unpaired) electrons. The van der Waals surface area contributed by atoms with Gasteiger partial charge < -0.3 is 16.0 Å². The minimum Gasteiger partial charge on any atom is -0.384 e. The van der Waals surface area contributed by atoms with Crippen LogP contribution >= 0.6 is 22.9 Å². The topological polar surface area (TPSA) is 117 Å². The summed E-state index contributed by atoms with van der Waals surface area (Å²) in [6, 6.07) is 3.99. The van der Waals surface area contributed by atoms with Crippen LogP contribution in [-0.4, -0.2) is 33.0 Å². The number of halogens is 1. The highest BCUT2D eigenvalue weighted by molar-refractivity contribution is 7.22. The highest BCUT2D eigenvalue weighted by Crippen LogP contribution is 2.38. The highest BCUT2D eigenvalue weighted by Gasteiger charge is 2.23. The van der Waals surface area contributed by atoms with E-state index in [0.29, 0.717) is 34.5 Å². The SMILES string of the molecule is N#C[C@H]1CCCN(c2nc3c(Cl)cnc(Nc4cc(N)ncn4)c3s2)C1. The molecular formula is C16H15ClN8S. The van der Waals surface area contributed by atoms with Crippen LogP contribution in [0.3, 0.4) is 0 Å². The van der Waals surface area contributed by atoms with Gasteiger partial charge in [0.2, 0.25) is 0 Å². The number of thiazole rings is 1. The summed E-state index contributed by atoms with van der Waals surface area (Å²) in [5.41, 5.74) is 6.39. The smallest absolute Gasteiger partial charge is 0.186 e. The molecule has 4 heterocycles. The molecular weight excluding hydrogens is 372 g/mol. The van der Waals surface area contributed by atoms with Crippen LogP contribution in [0.15, 0.2) is 18.6 Å². The number of hydrogen-bond donors (Lipinski definition) is 2. The third-order valence-corrected chi connectivity index (χ3v) is 5.57. The maximum atomic E-state index is 9.21. The van der Waals surface area contributed by atoms with Gasteiger partial charge in [-0.25, -0.2) is 19.9 Å². The monoisotopic (exact) mass is 386 g/mol. The van der Waals surface area contributed by atoms with E-state index in [1.807, 2.05) is 0 Å². The van der Waals surface area contributed by atoms with Crippen molar-refractivity contribution in [1.29, 1.82) is 5.26 Å². The lowest BCUT2D eigenvalue weighted by molar-refractivity contribution is 0.493. The molecule has 3 N–H and O–H groups in total. The average Bonchev–Trinajstić information content (AvgIpc) is 3.11. The zero-order valence-corrected chi connectivity index (χ0v) is 15.3. The highest BCUT2D eigenvalue weighted by atomic mass is 35.5. The number of rotatable bonds is 3. The van der Waals surface area contributed by atoms with E-state index in [-0.39, 0.29) is 5.92 Å². The van der Waals surface area contributed by atoms with Gasteiger partial charge in [0.1, 0.15) is 28.2 Å². The molecule has 8 nitrogen and oxygen atoms in total. The summed E-state index contributed by atoms with van der Waals surface area (Å²) in [6.45, 7) is 1.57. The van der Waals surface area contributed by atoms with E-state index < -0.39 is 0 Å². The summed E-state index contributed by atoms with van der Waals surface area (Å²) in [7, 11) is 0. The molecule has 0 unspecified atom stereocenters. The van der Waals surface area contributed by atoms with Gasteiger partial charge in [0.25, 0.3) is 0 Å². The maximum absolute atomic E-state index is 9.21. The van der Waals surface area contributed by atoms with Crippen molar-refractivity contribution in [3.8, 4) is 6.07 Å². The first-order valence-electron chi connectivity index (χ1n) is 8.08. The summed E-state index contributed by atoms with van der Waals surface area (Å²) in [4.78, 5) is 19.2. The summed E-state index contributed by atoms with van der Waals surface area (Å²) in [5.74, 6) is 1.56. The van der Waals surface area contributed by atoms with Crippen molar-refractivity contribution in [3.63, 3.8) is 0 Å². The van der Waals surface area contributed by atoms with Gasteiger partial charge in [0.05, 0.1) is 23.2 Å². The predicted molar refractivity (Wildman–Crippen MR) is 103 cm³/mol. The van der Waals surface area contributed by atoms with Gasteiger partial charge in [-0.05, 0) is 12.8 Å². The quantitative estimate of drug-likeness (QED) is 0.704. The van der Waals surface area contributed by atoms with Gasteiger partial charge in [-0.15, -0.1) is 0 Å². The predicted octanol–water partition coefficient (Wildman–Crippen LogP) is 3.20. The second-order valence-corrected chi connectivity index (χ2v) is 7.38. The molecule has 0 saturated carbocycles. The number of hydrogen-bond acceptors (Lipinski definition) is 9. The standard InChI is InChI=1S/C16H15ClN8S/c17-10-6-20-15(23-12-4-11(19)21-8-22-12)14-13(10)24-16(26-14)25-3-1-2-9(5-18)7-25/h4,6,8-9H,1-3,7H2,(H3,19,20,21,22,23)/t9-/m1/s1. The lowest BCUT2D eigenvalue weighted by Gasteiger charge is -2.28. The number of piperidine rings is 1. The lowest BCUT2D eigenvalue weighted by Crippen LogP contribution is -2.34. The Morgan fingerprint density at radius 1 is 1.38 bits per heavy atom. The van der Waals surface area contributed by atoms with Gasteiger partial charge >= 0.3 is 0 Å². The number of nitriles is 1. The van der Waals surface area contributed by atoms with Crippen molar-refractivity contribution in [1.82, 2.24) is 19.9 Å². The number of aromatic nitrogens is 4. The largest absolute Gasteiger partial charge is 0.384 e. The van der Waals surface area contributed by atoms with Crippen LogP contribution in [0.25, 0.3) is 10.2 Å². The van der Waals surface area contributed by atoms with Gasteiger partial charge in [-0.3, -0.25) is 0 Å². The zero-order chi connectivity index (χ0) is 18.1. The molecule has 1 aliphatic rings. The van der Waals surface area contributed by atoms with Gasteiger partial charge in [-0.2, -0.15) is 5.26 Å². The molecule has 1 atom stereocenters. The molecule has 26 heavy (non-hydrogen) atoms. The molecule has 0 aromatic carbocycles. The third-order valence-electron chi connectivity index (χ3n) is 4.17. The summed E-state index contributed by atoms with van der Waals surface area (Å²) in [6.07, 6.45) is 4.86. The van der Waals surface area contributed by atoms with Crippen molar-refractivity contribution in [2.75, 3.05) is 29.0 Å². The molecule has 0 bridgehead atoms. The van der Waals surface area contributed by atoms with Crippen LogP contribution in [0, 0.1) is 17.2 Å². The second-order valence-electron chi connectivity index (χ2n) is 6.00. The van der Waals surface area contributed by atoms with Gasteiger partial charge in [0.15, 0.2) is 10.9 Å². The number of fused-ring (bicyclic) bond motifs is 1. The summed E-state index contributed by atoms with van der Waals surface area (Å²) >= 11 is 7.80. The van der Waals surface area contributed by atoms with Crippen LogP contribution in [0.4, 0.5) is 22.6 Å². The molecule has 1 fully saturated rings. The van der Waals surface area contributed by atoms with Crippen molar-refractivity contribution in [2.24, 2.45) is 5.92 Å². The molecule has 132 valence electrons. The van der Waals surface area contributed by atoms with Crippen molar-refractivity contribution in [3.05, 3.63) is 23.6 Å². The fraction of sp³-hybridized carbons (Fsp3) is 0.312. The average molecular weight is 387 g/mol. The first-order chi connectivity index (χ1) is 12.6. The minimum atomic E-state index is 0.0333. The Bertz CT molecular complexity index is 998. The molecule has 4 rings (SSSR count). The van der Waals surface area contributed by atoms with E-state index >= 15 is 0 Å². The van der Waals surface area contributed by atoms with Crippen LogP contribution in [-0.2, 0) is 0 Å². The van der Waals surface area contributed by atoms with E-state index in [2.05, 4.69) is 31.2 Å². The first kappa shape index (κ1) is 16.8. The van der Waals surface area contributed by atoms with Crippen LogP contribution < -0.4 is 16.0 Å². The number of nitrogens with zero attached hydrogens (tertiary/aromatic N) is 6. The Morgan fingerprint density at radius 2 is 2.27 bits per heavy atom. The molecule has 0 aliphatic carbocycles. The van der Waals surface area contributed by atoms with E-state index in [4.69, 9.17) is 22.3 Å². The van der Waals surface area contributed by atoms with Crippen LogP contribution in [0.2, 0.25) is 5.02 Å². The fourth-order valence-electron chi connectivity index (χ4n) is 2.91. The van der Waals surface area contributed by atoms with E-state index in [9.17, 15) is 5.26 Å². The lowest BCUT2D eigenvalue weighted by atomic mass is 10.0. The van der Waals surface area contributed by atoms with Gasteiger partial charge in [-0.1, -0.05) is 22.9 Å². The van der Waals surface area contributed by atoms with E-state index in [0.717, 1.165) is 29.2 Å². The number of nitrogens with two attached hydrogens (primary N) is 1. The molecule has 3 aromatic rings. The molecule has 0 spiro atoms. The Kier molecular flexibility index (Phi) is 4.44. The molecule has 10 heteroatoms. The number of nitrogen functional groups attached to an aromatic ring is 1. The van der Waals surface area contributed by atoms with Gasteiger partial charge in [0, 0.05) is 19.2 Å². The maximum Gasteiger partial charge on any atom is 0.186 e. The molecule has 3 aromatic heterocycles. The Hall–Kier alpha value is -2.70. The molecule has 1 aliphatic heterocycles. The third kappa shape index (κ3) is 3.21. The van der Waals surface area contributed by atoms with Crippen molar-refractivity contribution < 1.29 is 0 Å². The van der Waals surface area contributed by atoms with Crippen LogP contribution in [0.5, 0.6) is 0 Å². The van der Waals surface area contributed by atoms with Crippen molar-refractivity contribution in [2.45, 2.75) is 12.8 Å². The fourth-order valence-corrected chi connectivity index (χ4v) is 4.22. The minimum absolute atomic E-state index is 0.0333. The molecule has 1 saturated heterocycles. The Balaban J connectivity index is 1.70. The number of pyridine rings is 1. The summed E-state index contributed by atoms with van der Waals surface area (Å²) in [5, 5.41) is 13.7. The zero-order valence-electron chi connectivity index (χ0n) is 13.7. The number of anilines is 4. The Morgan fingerprint density at radius 3 is 3.08 bits per heavy atom. The van der Waals surface area contributed by atoms with Crippen LogP contribution in [0.1, 0.15) is 12.8 Å². The normalized spacial score (nSPS) is 17.2. The van der Waals surface area contributed by atoms with E-state index in [1.54, 1.807) is 12.3 Å². The second kappa shape index (κ2) is 6.90. The molecule has 0 amide bonds. The van der Waals surface area contributed by atoms with Crippen molar-refractivity contribution >= 4 is 55.7 Å². The summed E-state index contributed by atoms with van der Waals surface area (Å²) < 4.78 is 0.837. The number of nitrogens with one attached hydrogen (secondary N) is 1. The van der Waals surface area contributed by atoms with E-state index in [1.165, 1.54) is 17.7 Å². The Labute approximate surface area is 158 Å².